The van der Waals surface area contributed by atoms with Crippen LogP contribution in [0, 0.1) is 5.82 Å². The molecule has 2 saturated heterocycles. The van der Waals surface area contributed by atoms with Crippen molar-refractivity contribution in [1.29, 1.82) is 0 Å². The molecule has 0 aliphatic carbocycles. The number of aliphatic hydroxyl groups is 1. The van der Waals surface area contributed by atoms with Crippen molar-refractivity contribution < 1.29 is 19.1 Å². The third-order valence-corrected chi connectivity index (χ3v) is 6.52. The van der Waals surface area contributed by atoms with E-state index in [4.69, 9.17) is 0 Å². The van der Waals surface area contributed by atoms with Crippen LogP contribution in [0.2, 0.25) is 0 Å². The Labute approximate surface area is 191 Å². The smallest absolute Gasteiger partial charge is 0.322 e. The molecule has 5 rings (SSSR count). The molecule has 168 valence electrons. The van der Waals surface area contributed by atoms with Crippen LogP contribution >= 0.6 is 0 Å². The molecular weight excluding hydrogens is 421 g/mol. The van der Waals surface area contributed by atoms with Gasteiger partial charge in [0, 0.05) is 18.2 Å². The first kappa shape index (κ1) is 21.2. The van der Waals surface area contributed by atoms with Crippen molar-refractivity contribution in [1.82, 2.24) is 9.80 Å². The standard InChI is InChI=1S/C26H24FN3O3/c27-20-7-4-8-21(13-20)28-26(33)29-14-22-25(23(16-31)30(22)24(32)15-29)19-11-9-18(10-12-19)17-5-2-1-3-6-17/h1-13,22-23,25,31H,14-16H2,(H,28,33)/t22-,23-,25-/m1/s1. The molecule has 6 nitrogen and oxygen atoms in total. The van der Waals surface area contributed by atoms with Crippen molar-refractivity contribution in [2.24, 2.45) is 0 Å². The van der Waals surface area contributed by atoms with Crippen molar-refractivity contribution in [3.63, 3.8) is 0 Å². The molecular formula is C26H24FN3O3. The Hall–Kier alpha value is -3.71. The summed E-state index contributed by atoms with van der Waals surface area (Å²) in [7, 11) is 0. The number of halogens is 1. The second-order valence-corrected chi connectivity index (χ2v) is 8.45. The summed E-state index contributed by atoms with van der Waals surface area (Å²) in [6.45, 7) is 0.130. The van der Waals surface area contributed by atoms with Gasteiger partial charge in [0.2, 0.25) is 5.91 Å². The van der Waals surface area contributed by atoms with Crippen LogP contribution in [-0.2, 0) is 4.79 Å². The average molecular weight is 445 g/mol. The molecule has 0 saturated carbocycles. The second-order valence-electron chi connectivity index (χ2n) is 8.45. The van der Waals surface area contributed by atoms with Crippen LogP contribution in [0.1, 0.15) is 11.5 Å². The third-order valence-electron chi connectivity index (χ3n) is 6.52. The predicted molar refractivity (Wildman–Crippen MR) is 123 cm³/mol. The maximum Gasteiger partial charge on any atom is 0.322 e. The number of anilines is 1. The minimum Gasteiger partial charge on any atom is -0.394 e. The number of rotatable bonds is 4. The predicted octanol–water partition coefficient (Wildman–Crippen LogP) is 3.70. The number of carbonyl (C=O) groups is 2. The Balaban J connectivity index is 1.34. The summed E-state index contributed by atoms with van der Waals surface area (Å²) in [5, 5.41) is 12.6. The van der Waals surface area contributed by atoms with Crippen LogP contribution in [0.15, 0.2) is 78.9 Å². The number of carbonyl (C=O) groups excluding carboxylic acids is 2. The molecule has 3 aromatic carbocycles. The summed E-state index contributed by atoms with van der Waals surface area (Å²) in [6, 6.07) is 22.9. The van der Waals surface area contributed by atoms with E-state index in [9.17, 15) is 19.1 Å². The Bertz CT molecular complexity index is 1170. The molecule has 2 N–H and O–H groups in total. The van der Waals surface area contributed by atoms with Crippen LogP contribution in [-0.4, -0.2) is 58.6 Å². The summed E-state index contributed by atoms with van der Waals surface area (Å²) in [6.07, 6.45) is 0. The number of fused-ring (bicyclic) bond motifs is 1. The molecule has 3 aromatic rings. The summed E-state index contributed by atoms with van der Waals surface area (Å²) in [4.78, 5) is 28.7. The van der Waals surface area contributed by atoms with E-state index in [0.717, 1.165) is 16.7 Å². The fourth-order valence-corrected chi connectivity index (χ4v) is 4.95. The van der Waals surface area contributed by atoms with Crippen LogP contribution in [0.25, 0.3) is 11.1 Å². The van der Waals surface area contributed by atoms with E-state index in [2.05, 4.69) is 5.32 Å². The highest BCUT2D eigenvalue weighted by molar-refractivity contribution is 5.93. The van der Waals surface area contributed by atoms with Gasteiger partial charge in [-0.3, -0.25) is 4.79 Å². The lowest BCUT2D eigenvalue weighted by atomic mass is 9.73. The van der Waals surface area contributed by atoms with Gasteiger partial charge in [0.05, 0.1) is 18.7 Å². The molecule has 0 aromatic heterocycles. The Morgan fingerprint density at radius 3 is 2.42 bits per heavy atom. The largest absolute Gasteiger partial charge is 0.394 e. The summed E-state index contributed by atoms with van der Waals surface area (Å²) < 4.78 is 13.5. The fourth-order valence-electron chi connectivity index (χ4n) is 4.95. The number of nitrogens with one attached hydrogen (secondary N) is 1. The van der Waals surface area contributed by atoms with E-state index in [0.29, 0.717) is 12.2 Å². The molecule has 3 atom stereocenters. The third kappa shape index (κ3) is 3.96. The van der Waals surface area contributed by atoms with Crippen molar-refractivity contribution in [3.05, 3.63) is 90.2 Å². The van der Waals surface area contributed by atoms with Gasteiger partial charge in [0.25, 0.3) is 0 Å². The molecule has 7 heteroatoms. The molecule has 0 radical (unpaired) electrons. The van der Waals surface area contributed by atoms with E-state index in [1.165, 1.54) is 23.1 Å². The van der Waals surface area contributed by atoms with Crippen molar-refractivity contribution in [2.45, 2.75) is 18.0 Å². The summed E-state index contributed by atoms with van der Waals surface area (Å²) in [5.74, 6) is -0.720. The van der Waals surface area contributed by atoms with E-state index in [-0.39, 0.29) is 37.1 Å². The maximum absolute atomic E-state index is 13.5. The van der Waals surface area contributed by atoms with Crippen LogP contribution in [0.4, 0.5) is 14.9 Å². The number of piperazine rings is 1. The zero-order valence-electron chi connectivity index (χ0n) is 17.9. The zero-order chi connectivity index (χ0) is 22.9. The first-order valence-corrected chi connectivity index (χ1v) is 10.9. The van der Waals surface area contributed by atoms with Crippen molar-refractivity contribution in [2.75, 3.05) is 25.0 Å². The van der Waals surface area contributed by atoms with Crippen LogP contribution in [0.5, 0.6) is 0 Å². The summed E-state index contributed by atoms with van der Waals surface area (Å²) in [5.41, 5.74) is 3.57. The van der Waals surface area contributed by atoms with Gasteiger partial charge < -0.3 is 20.2 Å². The Kier molecular flexibility index (Phi) is 5.56. The average Bonchev–Trinajstić information content (AvgIpc) is 2.81. The molecule has 2 aliphatic heterocycles. The van der Waals surface area contributed by atoms with Gasteiger partial charge in [-0.05, 0) is 34.9 Å². The van der Waals surface area contributed by atoms with Gasteiger partial charge >= 0.3 is 6.03 Å². The quantitative estimate of drug-likeness (QED) is 0.643. The second kappa shape index (κ2) is 8.67. The molecule has 0 unspecified atom stereocenters. The van der Waals surface area contributed by atoms with Crippen molar-refractivity contribution in [3.8, 4) is 11.1 Å². The van der Waals surface area contributed by atoms with Gasteiger partial charge in [-0.1, -0.05) is 60.7 Å². The monoisotopic (exact) mass is 445 g/mol. The van der Waals surface area contributed by atoms with Gasteiger partial charge in [-0.2, -0.15) is 0 Å². The molecule has 2 fully saturated rings. The van der Waals surface area contributed by atoms with E-state index >= 15 is 0 Å². The molecule has 0 bridgehead atoms. The van der Waals surface area contributed by atoms with Crippen LogP contribution < -0.4 is 5.32 Å². The van der Waals surface area contributed by atoms with Gasteiger partial charge in [0.15, 0.2) is 0 Å². The van der Waals surface area contributed by atoms with Crippen molar-refractivity contribution >= 4 is 17.6 Å². The van der Waals surface area contributed by atoms with E-state index in [1.54, 1.807) is 11.0 Å². The molecule has 33 heavy (non-hydrogen) atoms. The normalized spacial score (nSPS) is 21.9. The first-order chi connectivity index (χ1) is 16.0. The minimum atomic E-state index is -0.447. The molecule has 2 aliphatic rings. The number of hydrogen-bond donors (Lipinski definition) is 2. The lowest BCUT2D eigenvalue weighted by Gasteiger charge is -2.58. The first-order valence-electron chi connectivity index (χ1n) is 10.9. The van der Waals surface area contributed by atoms with Gasteiger partial charge in [0.1, 0.15) is 12.4 Å². The number of nitrogens with zero attached hydrogens (tertiary/aromatic N) is 2. The Morgan fingerprint density at radius 2 is 1.73 bits per heavy atom. The highest BCUT2D eigenvalue weighted by Gasteiger charge is 2.54. The fraction of sp³-hybridized carbons (Fsp3) is 0.231. The lowest BCUT2D eigenvalue weighted by Crippen LogP contribution is -2.73. The van der Waals surface area contributed by atoms with Crippen LogP contribution in [0.3, 0.4) is 0 Å². The molecule has 0 spiro atoms. The molecule has 2 heterocycles. The highest BCUT2D eigenvalue weighted by Crippen LogP contribution is 2.43. The SMILES string of the molecule is O=C(Nc1cccc(F)c1)N1CC(=O)N2[C@H](CO)[C@H](c3ccc(-c4ccccc4)cc3)[C@H]2C1. The number of benzene rings is 3. The highest BCUT2D eigenvalue weighted by atomic mass is 19.1. The number of hydrogen-bond acceptors (Lipinski definition) is 3. The van der Waals surface area contributed by atoms with E-state index < -0.39 is 11.8 Å². The van der Waals surface area contributed by atoms with Gasteiger partial charge in [-0.15, -0.1) is 0 Å². The molecule has 3 amide bonds. The van der Waals surface area contributed by atoms with E-state index in [1.807, 2.05) is 54.6 Å². The zero-order valence-corrected chi connectivity index (χ0v) is 17.9. The lowest BCUT2D eigenvalue weighted by molar-refractivity contribution is -0.159. The Morgan fingerprint density at radius 1 is 1.00 bits per heavy atom. The minimum absolute atomic E-state index is 0.0754. The number of urea groups is 1. The maximum atomic E-state index is 13.5. The topological polar surface area (TPSA) is 72.9 Å². The summed E-state index contributed by atoms with van der Waals surface area (Å²) >= 11 is 0. The number of aliphatic hydroxyl groups excluding tert-OH is 1. The van der Waals surface area contributed by atoms with Gasteiger partial charge in [-0.25, -0.2) is 9.18 Å². The number of amides is 3.